The van der Waals surface area contributed by atoms with Gasteiger partial charge < -0.3 is 9.47 Å². The zero-order valence-corrected chi connectivity index (χ0v) is 13.2. The molecule has 0 bridgehead atoms. The molecular weight excluding hydrogens is 268 g/mol. The van der Waals surface area contributed by atoms with Gasteiger partial charge in [0, 0.05) is 19.1 Å². The summed E-state index contributed by atoms with van der Waals surface area (Å²) in [7, 11) is 0. The van der Waals surface area contributed by atoms with Crippen LogP contribution in [0.3, 0.4) is 0 Å². The first kappa shape index (κ1) is 13.7. The van der Waals surface area contributed by atoms with E-state index in [2.05, 4.69) is 42.9 Å². The van der Waals surface area contributed by atoms with E-state index >= 15 is 0 Å². The quantitative estimate of drug-likeness (QED) is 0.815. The lowest BCUT2D eigenvalue weighted by Crippen LogP contribution is -2.38. The fourth-order valence-corrected chi connectivity index (χ4v) is 3.85. The topological polar surface area (TPSA) is 25.2 Å². The van der Waals surface area contributed by atoms with Crippen molar-refractivity contribution in [3.63, 3.8) is 0 Å². The molecule has 3 heterocycles. The number of likely N-dealkylation sites (tertiary alicyclic amines) is 1. The van der Waals surface area contributed by atoms with E-state index in [1.807, 2.05) is 4.90 Å². The lowest BCUT2D eigenvalue weighted by atomic mass is 9.99. The molecule has 1 amide bonds. The number of carbonyl (C=O) groups is 1. The molecule has 1 saturated heterocycles. The molecule has 20 heavy (non-hydrogen) atoms. The molecule has 2 aromatic rings. The standard InChI is InChI=1S/C16H22N2OS/c1-11(2)18-13-6-9-20-15(13)10-14(18)16(19)17-7-4-12(3)5-8-17/h6,9-12H,4-5,7-8H2,1-3H3. The SMILES string of the molecule is CC1CCN(C(=O)c2cc3sccc3n2C(C)C)CC1. The Morgan fingerprint density at radius 2 is 2.05 bits per heavy atom. The first-order chi connectivity index (χ1) is 9.58. The normalized spacial score (nSPS) is 17.3. The highest BCUT2D eigenvalue weighted by atomic mass is 32.1. The molecule has 108 valence electrons. The molecule has 1 aliphatic heterocycles. The van der Waals surface area contributed by atoms with E-state index in [0.717, 1.165) is 37.5 Å². The Morgan fingerprint density at radius 3 is 2.70 bits per heavy atom. The molecule has 1 fully saturated rings. The van der Waals surface area contributed by atoms with Gasteiger partial charge in [0.2, 0.25) is 0 Å². The molecule has 3 nitrogen and oxygen atoms in total. The van der Waals surface area contributed by atoms with Gasteiger partial charge in [-0.1, -0.05) is 6.92 Å². The minimum Gasteiger partial charge on any atom is -0.337 e. The molecule has 0 atom stereocenters. The van der Waals surface area contributed by atoms with Crippen molar-refractivity contribution in [2.75, 3.05) is 13.1 Å². The number of aromatic nitrogens is 1. The number of hydrogen-bond acceptors (Lipinski definition) is 2. The molecule has 0 aliphatic carbocycles. The minimum absolute atomic E-state index is 0.203. The zero-order valence-electron chi connectivity index (χ0n) is 12.4. The van der Waals surface area contributed by atoms with Crippen LogP contribution in [0.2, 0.25) is 0 Å². The number of fused-ring (bicyclic) bond motifs is 1. The molecule has 1 aliphatic rings. The van der Waals surface area contributed by atoms with Crippen LogP contribution in [0.15, 0.2) is 17.5 Å². The predicted octanol–water partition coefficient (Wildman–Crippen LogP) is 4.16. The van der Waals surface area contributed by atoms with Crippen molar-refractivity contribution in [2.24, 2.45) is 5.92 Å². The molecule has 4 heteroatoms. The molecule has 0 N–H and O–H groups in total. The summed E-state index contributed by atoms with van der Waals surface area (Å²) in [6, 6.07) is 4.50. The molecule has 3 rings (SSSR count). The van der Waals surface area contributed by atoms with Crippen LogP contribution in [0.1, 0.15) is 50.1 Å². The summed E-state index contributed by atoms with van der Waals surface area (Å²) in [4.78, 5) is 14.8. The van der Waals surface area contributed by atoms with Gasteiger partial charge in [0.05, 0.1) is 10.2 Å². The van der Waals surface area contributed by atoms with Crippen LogP contribution in [-0.2, 0) is 0 Å². The Bertz CT molecular complexity index is 617. The van der Waals surface area contributed by atoms with Crippen LogP contribution in [0.4, 0.5) is 0 Å². The summed E-state index contributed by atoms with van der Waals surface area (Å²) in [6.07, 6.45) is 2.25. The molecule has 0 radical (unpaired) electrons. The number of rotatable bonds is 2. The summed E-state index contributed by atoms with van der Waals surface area (Å²) >= 11 is 1.71. The van der Waals surface area contributed by atoms with E-state index in [4.69, 9.17) is 0 Å². The van der Waals surface area contributed by atoms with Crippen LogP contribution in [-0.4, -0.2) is 28.5 Å². The lowest BCUT2D eigenvalue weighted by Gasteiger charge is -2.30. The van der Waals surface area contributed by atoms with Crippen molar-refractivity contribution in [3.8, 4) is 0 Å². The third-order valence-corrected chi connectivity index (χ3v) is 5.12. The summed E-state index contributed by atoms with van der Waals surface area (Å²) < 4.78 is 3.40. The molecule has 0 unspecified atom stereocenters. The third-order valence-electron chi connectivity index (χ3n) is 4.27. The fraction of sp³-hybridized carbons (Fsp3) is 0.562. The Labute approximate surface area is 124 Å². The lowest BCUT2D eigenvalue weighted by molar-refractivity contribution is 0.0685. The Hall–Kier alpha value is -1.29. The number of nitrogens with zero attached hydrogens (tertiary/aromatic N) is 2. The Balaban J connectivity index is 1.94. The number of amides is 1. The van der Waals surface area contributed by atoms with E-state index in [1.165, 1.54) is 10.2 Å². The smallest absolute Gasteiger partial charge is 0.270 e. The summed E-state index contributed by atoms with van der Waals surface area (Å²) in [5, 5.41) is 2.10. The second-order valence-electron chi connectivity index (χ2n) is 6.14. The minimum atomic E-state index is 0.203. The highest BCUT2D eigenvalue weighted by Gasteiger charge is 2.25. The van der Waals surface area contributed by atoms with Crippen LogP contribution in [0.5, 0.6) is 0 Å². The van der Waals surface area contributed by atoms with Crippen LogP contribution in [0, 0.1) is 5.92 Å². The van der Waals surface area contributed by atoms with E-state index in [1.54, 1.807) is 11.3 Å². The van der Waals surface area contributed by atoms with Crippen molar-refractivity contribution in [2.45, 2.75) is 39.7 Å². The van der Waals surface area contributed by atoms with Crippen LogP contribution in [0.25, 0.3) is 10.2 Å². The van der Waals surface area contributed by atoms with Gasteiger partial charge >= 0.3 is 0 Å². The summed E-state index contributed by atoms with van der Waals surface area (Å²) in [5.41, 5.74) is 2.05. The van der Waals surface area contributed by atoms with Gasteiger partial charge in [-0.25, -0.2) is 0 Å². The van der Waals surface area contributed by atoms with E-state index in [-0.39, 0.29) is 5.91 Å². The summed E-state index contributed by atoms with van der Waals surface area (Å²) in [6.45, 7) is 8.36. The van der Waals surface area contributed by atoms with Crippen molar-refractivity contribution in [1.29, 1.82) is 0 Å². The number of carbonyl (C=O) groups excluding carboxylic acids is 1. The van der Waals surface area contributed by atoms with Crippen molar-refractivity contribution in [1.82, 2.24) is 9.47 Å². The largest absolute Gasteiger partial charge is 0.337 e. The monoisotopic (exact) mass is 290 g/mol. The maximum atomic E-state index is 12.8. The molecule has 2 aromatic heterocycles. The molecule has 0 spiro atoms. The molecule has 0 aromatic carbocycles. The van der Waals surface area contributed by atoms with Gasteiger partial charge in [-0.2, -0.15) is 0 Å². The average molecular weight is 290 g/mol. The maximum Gasteiger partial charge on any atom is 0.270 e. The highest BCUT2D eigenvalue weighted by Crippen LogP contribution is 2.29. The average Bonchev–Trinajstić information content (AvgIpc) is 2.97. The van der Waals surface area contributed by atoms with Crippen LogP contribution < -0.4 is 0 Å². The second-order valence-corrected chi connectivity index (χ2v) is 7.09. The summed E-state index contributed by atoms with van der Waals surface area (Å²) in [5.74, 6) is 0.952. The maximum absolute atomic E-state index is 12.8. The van der Waals surface area contributed by atoms with Gasteiger partial charge in [-0.05, 0) is 50.1 Å². The third kappa shape index (κ3) is 2.26. The van der Waals surface area contributed by atoms with E-state index < -0.39 is 0 Å². The Kier molecular flexibility index (Phi) is 3.59. The van der Waals surface area contributed by atoms with Crippen molar-refractivity contribution in [3.05, 3.63) is 23.2 Å². The van der Waals surface area contributed by atoms with E-state index in [9.17, 15) is 4.79 Å². The number of hydrogen-bond donors (Lipinski definition) is 0. The second kappa shape index (κ2) is 5.24. The first-order valence-corrected chi connectivity index (χ1v) is 8.33. The highest BCUT2D eigenvalue weighted by molar-refractivity contribution is 7.17. The van der Waals surface area contributed by atoms with Gasteiger partial charge in [0.15, 0.2) is 0 Å². The van der Waals surface area contributed by atoms with Crippen molar-refractivity contribution < 1.29 is 4.79 Å². The van der Waals surface area contributed by atoms with Gasteiger partial charge in [0.1, 0.15) is 5.69 Å². The van der Waals surface area contributed by atoms with Gasteiger partial charge in [-0.15, -0.1) is 11.3 Å². The molecular formula is C16H22N2OS. The van der Waals surface area contributed by atoms with Gasteiger partial charge in [-0.3, -0.25) is 4.79 Å². The van der Waals surface area contributed by atoms with Crippen molar-refractivity contribution >= 4 is 27.5 Å². The fourth-order valence-electron chi connectivity index (χ4n) is 3.04. The first-order valence-electron chi connectivity index (χ1n) is 7.45. The van der Waals surface area contributed by atoms with Gasteiger partial charge in [0.25, 0.3) is 5.91 Å². The Morgan fingerprint density at radius 1 is 1.35 bits per heavy atom. The zero-order chi connectivity index (χ0) is 14.3. The van der Waals surface area contributed by atoms with Crippen LogP contribution >= 0.6 is 11.3 Å². The molecule has 0 saturated carbocycles. The number of thiophene rings is 1. The predicted molar refractivity (Wildman–Crippen MR) is 84.5 cm³/mol. The number of piperidine rings is 1. The van der Waals surface area contributed by atoms with E-state index in [0.29, 0.717) is 6.04 Å².